The Hall–Kier alpha value is -2.24. The van der Waals surface area contributed by atoms with E-state index in [1.165, 1.54) is 24.3 Å². The van der Waals surface area contributed by atoms with E-state index in [-0.39, 0.29) is 16.8 Å². The summed E-state index contributed by atoms with van der Waals surface area (Å²) >= 11 is 0. The van der Waals surface area contributed by atoms with E-state index < -0.39 is 17.9 Å². The molecule has 0 radical (unpaired) electrons. The second kappa shape index (κ2) is 4.79. The van der Waals surface area contributed by atoms with Gasteiger partial charge in [0.2, 0.25) is 0 Å². The third-order valence-corrected chi connectivity index (χ3v) is 2.35. The van der Waals surface area contributed by atoms with Gasteiger partial charge in [-0.3, -0.25) is 0 Å². The second-order valence-corrected chi connectivity index (χ2v) is 3.82. The molecule has 6 heteroatoms. The number of halogens is 4. The minimum atomic E-state index is -4.82. The second-order valence-electron chi connectivity index (χ2n) is 3.82. The van der Waals surface area contributed by atoms with Crippen molar-refractivity contribution in [3.8, 4) is 16.9 Å². The minimum Gasteiger partial charge on any atom is -0.406 e. The molecule has 0 aliphatic heterocycles. The van der Waals surface area contributed by atoms with Crippen LogP contribution in [0.4, 0.5) is 23.2 Å². The topological polar surface area (TPSA) is 35.2 Å². The van der Waals surface area contributed by atoms with Crippen LogP contribution in [0.3, 0.4) is 0 Å². The number of benzene rings is 2. The summed E-state index contributed by atoms with van der Waals surface area (Å²) in [7, 11) is 0. The van der Waals surface area contributed by atoms with Crippen molar-refractivity contribution in [1.29, 1.82) is 0 Å². The summed E-state index contributed by atoms with van der Waals surface area (Å²) in [5.41, 5.74) is 5.93. The van der Waals surface area contributed by atoms with Gasteiger partial charge >= 0.3 is 6.36 Å². The van der Waals surface area contributed by atoms with Crippen molar-refractivity contribution in [3.63, 3.8) is 0 Å². The third kappa shape index (κ3) is 3.37. The quantitative estimate of drug-likeness (QED) is 0.662. The van der Waals surface area contributed by atoms with Crippen LogP contribution in [-0.4, -0.2) is 6.36 Å². The van der Waals surface area contributed by atoms with E-state index in [0.717, 1.165) is 12.1 Å². The molecular weight excluding hydrogens is 262 g/mol. The fourth-order valence-corrected chi connectivity index (χ4v) is 1.67. The molecule has 0 unspecified atom stereocenters. The number of anilines is 1. The largest absolute Gasteiger partial charge is 0.573 e. The zero-order chi connectivity index (χ0) is 14.0. The van der Waals surface area contributed by atoms with Gasteiger partial charge in [0.15, 0.2) is 0 Å². The van der Waals surface area contributed by atoms with Crippen LogP contribution in [0.1, 0.15) is 0 Å². The Labute approximate surface area is 106 Å². The molecule has 19 heavy (non-hydrogen) atoms. The summed E-state index contributed by atoms with van der Waals surface area (Å²) < 4.78 is 53.8. The molecule has 0 saturated carbocycles. The van der Waals surface area contributed by atoms with Crippen molar-refractivity contribution in [3.05, 3.63) is 48.3 Å². The van der Waals surface area contributed by atoms with Gasteiger partial charge in [0.1, 0.15) is 11.6 Å². The molecule has 0 aliphatic carbocycles. The molecule has 0 amide bonds. The Balaban J connectivity index is 2.45. The van der Waals surface area contributed by atoms with Crippen molar-refractivity contribution in [2.45, 2.75) is 6.36 Å². The van der Waals surface area contributed by atoms with Crippen LogP contribution >= 0.6 is 0 Å². The van der Waals surface area contributed by atoms with Crippen LogP contribution in [0.2, 0.25) is 0 Å². The third-order valence-electron chi connectivity index (χ3n) is 2.35. The molecule has 0 aromatic heterocycles. The molecule has 2 aromatic rings. The van der Waals surface area contributed by atoms with Gasteiger partial charge in [-0.15, -0.1) is 13.2 Å². The zero-order valence-electron chi connectivity index (χ0n) is 9.54. The maximum Gasteiger partial charge on any atom is 0.573 e. The van der Waals surface area contributed by atoms with E-state index in [9.17, 15) is 17.6 Å². The van der Waals surface area contributed by atoms with Gasteiger partial charge in [-0.2, -0.15) is 0 Å². The van der Waals surface area contributed by atoms with Gasteiger partial charge in [-0.25, -0.2) is 4.39 Å². The summed E-state index contributed by atoms with van der Waals surface area (Å²) in [4.78, 5) is 0. The highest BCUT2D eigenvalue weighted by Gasteiger charge is 2.31. The van der Waals surface area contributed by atoms with Gasteiger partial charge in [-0.05, 0) is 23.8 Å². The van der Waals surface area contributed by atoms with Gasteiger partial charge < -0.3 is 10.5 Å². The summed E-state index contributed by atoms with van der Waals surface area (Å²) in [5.74, 6) is -1.03. The van der Waals surface area contributed by atoms with Crippen molar-refractivity contribution >= 4 is 5.69 Å². The van der Waals surface area contributed by atoms with E-state index in [4.69, 9.17) is 5.73 Å². The minimum absolute atomic E-state index is 0.0556. The van der Waals surface area contributed by atoms with Crippen molar-refractivity contribution in [2.75, 3.05) is 5.73 Å². The lowest BCUT2D eigenvalue weighted by molar-refractivity contribution is -0.274. The Morgan fingerprint density at radius 2 is 1.68 bits per heavy atom. The van der Waals surface area contributed by atoms with Crippen LogP contribution in [-0.2, 0) is 0 Å². The van der Waals surface area contributed by atoms with Gasteiger partial charge in [-0.1, -0.05) is 18.2 Å². The molecule has 0 spiro atoms. The predicted molar refractivity (Wildman–Crippen MR) is 62.9 cm³/mol. The summed E-state index contributed by atoms with van der Waals surface area (Å²) in [6, 6.07) is 9.20. The highest BCUT2D eigenvalue weighted by atomic mass is 19.4. The molecule has 2 aromatic carbocycles. The molecule has 2 nitrogen and oxygen atoms in total. The lowest BCUT2D eigenvalue weighted by Gasteiger charge is -2.11. The van der Waals surface area contributed by atoms with Gasteiger partial charge in [0, 0.05) is 17.3 Å². The Morgan fingerprint density at radius 1 is 1.00 bits per heavy atom. The monoisotopic (exact) mass is 271 g/mol. The predicted octanol–water partition coefficient (Wildman–Crippen LogP) is 3.97. The number of alkyl halides is 3. The van der Waals surface area contributed by atoms with E-state index in [1.54, 1.807) is 6.07 Å². The van der Waals surface area contributed by atoms with E-state index >= 15 is 0 Å². The van der Waals surface area contributed by atoms with Crippen molar-refractivity contribution in [2.24, 2.45) is 0 Å². The molecule has 0 heterocycles. The summed E-state index contributed by atoms with van der Waals surface area (Å²) in [6.07, 6.45) is -4.82. The van der Waals surface area contributed by atoms with Crippen molar-refractivity contribution < 1.29 is 22.3 Å². The van der Waals surface area contributed by atoms with E-state index in [2.05, 4.69) is 4.74 Å². The lowest BCUT2D eigenvalue weighted by atomic mass is 10.0. The standard InChI is InChI=1S/C13H9F4NO/c14-12-4-2-1-3-11(12)8-5-9(18)7-10(6-8)19-13(15,16)17/h1-7H,18H2. The van der Waals surface area contributed by atoms with Crippen LogP contribution < -0.4 is 10.5 Å². The van der Waals surface area contributed by atoms with Gasteiger partial charge in [0.05, 0.1) is 0 Å². The Kier molecular flexibility index (Phi) is 3.33. The molecule has 0 aliphatic rings. The first-order valence-electron chi connectivity index (χ1n) is 5.26. The average Bonchev–Trinajstić information content (AvgIpc) is 2.26. The van der Waals surface area contributed by atoms with Crippen LogP contribution in [0.25, 0.3) is 11.1 Å². The molecule has 0 atom stereocenters. The fraction of sp³-hybridized carbons (Fsp3) is 0.0769. The normalized spacial score (nSPS) is 11.4. The SMILES string of the molecule is Nc1cc(OC(F)(F)F)cc(-c2ccccc2F)c1. The van der Waals surface area contributed by atoms with Crippen LogP contribution in [0, 0.1) is 5.82 Å². The van der Waals surface area contributed by atoms with Crippen LogP contribution in [0.5, 0.6) is 5.75 Å². The number of hydrogen-bond donors (Lipinski definition) is 1. The van der Waals surface area contributed by atoms with Crippen LogP contribution in [0.15, 0.2) is 42.5 Å². The number of hydrogen-bond acceptors (Lipinski definition) is 2. The average molecular weight is 271 g/mol. The molecule has 100 valence electrons. The first-order chi connectivity index (χ1) is 8.85. The number of nitrogen functional groups attached to an aromatic ring is 1. The number of rotatable bonds is 2. The summed E-state index contributed by atoms with van der Waals surface area (Å²) in [6.45, 7) is 0. The van der Waals surface area contributed by atoms with E-state index in [0.29, 0.717) is 0 Å². The lowest BCUT2D eigenvalue weighted by Crippen LogP contribution is -2.17. The van der Waals surface area contributed by atoms with E-state index in [1.807, 2.05) is 0 Å². The molecular formula is C13H9F4NO. The first-order valence-corrected chi connectivity index (χ1v) is 5.26. The Morgan fingerprint density at radius 3 is 2.32 bits per heavy atom. The van der Waals surface area contributed by atoms with Crippen molar-refractivity contribution in [1.82, 2.24) is 0 Å². The molecule has 2 rings (SSSR count). The Bertz CT molecular complexity index is 595. The maximum absolute atomic E-state index is 13.6. The molecule has 2 N–H and O–H groups in total. The highest BCUT2D eigenvalue weighted by Crippen LogP contribution is 2.31. The summed E-state index contributed by atoms with van der Waals surface area (Å²) in [5, 5.41) is 0. The zero-order valence-corrected chi connectivity index (χ0v) is 9.54. The molecule has 0 fully saturated rings. The molecule has 0 saturated heterocycles. The fourth-order valence-electron chi connectivity index (χ4n) is 1.67. The molecule has 0 bridgehead atoms. The number of nitrogens with two attached hydrogens (primary N) is 1. The first kappa shape index (κ1) is 13.2. The maximum atomic E-state index is 13.6. The highest BCUT2D eigenvalue weighted by molar-refractivity contribution is 5.70. The number of ether oxygens (including phenoxy) is 1. The smallest absolute Gasteiger partial charge is 0.406 e. The van der Waals surface area contributed by atoms with Gasteiger partial charge in [0.25, 0.3) is 0 Å².